The zero-order valence-corrected chi connectivity index (χ0v) is 9.26. The van der Waals surface area contributed by atoms with Gasteiger partial charge in [-0.1, -0.05) is 24.3 Å². The third-order valence-electron chi connectivity index (χ3n) is 3.15. The molecule has 16 heavy (non-hydrogen) atoms. The largest absolute Gasteiger partial charge is 0.317 e. The first-order valence-electron chi connectivity index (χ1n) is 5.83. The molecule has 1 aliphatic heterocycles. The normalized spacial score (nSPS) is 17.9. The van der Waals surface area contributed by atoms with Crippen LogP contribution >= 0.6 is 0 Å². The molecule has 2 rings (SSSR count). The van der Waals surface area contributed by atoms with Crippen molar-refractivity contribution in [3.63, 3.8) is 0 Å². The van der Waals surface area contributed by atoms with Crippen molar-refractivity contribution in [2.24, 2.45) is 0 Å². The molecule has 1 heterocycles. The Kier molecular flexibility index (Phi) is 3.88. The van der Waals surface area contributed by atoms with Gasteiger partial charge in [-0.25, -0.2) is 8.78 Å². The summed E-state index contributed by atoms with van der Waals surface area (Å²) in [6.07, 6.45) is -0.155. The first-order valence-corrected chi connectivity index (χ1v) is 5.83. The van der Waals surface area contributed by atoms with Crippen molar-refractivity contribution in [3.05, 3.63) is 35.4 Å². The van der Waals surface area contributed by atoms with Crippen molar-refractivity contribution >= 4 is 0 Å². The van der Waals surface area contributed by atoms with E-state index in [1.807, 2.05) is 12.1 Å². The quantitative estimate of drug-likeness (QED) is 0.834. The van der Waals surface area contributed by atoms with Crippen LogP contribution in [0.25, 0.3) is 0 Å². The number of hydrogen-bond donors (Lipinski definition) is 1. The summed E-state index contributed by atoms with van der Waals surface area (Å²) in [4.78, 5) is 0. The fourth-order valence-corrected chi connectivity index (χ4v) is 2.31. The smallest absolute Gasteiger partial charge is 0.242 e. The predicted octanol–water partition coefficient (Wildman–Crippen LogP) is 2.96. The van der Waals surface area contributed by atoms with Crippen LogP contribution in [0.5, 0.6) is 0 Å². The Morgan fingerprint density at radius 3 is 2.69 bits per heavy atom. The predicted molar refractivity (Wildman–Crippen MR) is 61.0 cm³/mol. The number of alkyl halides is 2. The number of halogens is 2. The molecule has 0 amide bonds. The number of piperidine rings is 1. The molecule has 1 nitrogen and oxygen atoms in total. The standard InChI is InChI=1S/C13H17F2N/c14-13(15)9-10-2-1-3-12(8-10)11-4-6-16-7-5-11/h1-3,8,11,13,16H,4-7,9H2. The van der Waals surface area contributed by atoms with Crippen molar-refractivity contribution in [3.8, 4) is 0 Å². The summed E-state index contributed by atoms with van der Waals surface area (Å²) in [5.41, 5.74) is 1.98. The molecule has 0 saturated carbocycles. The van der Waals surface area contributed by atoms with E-state index in [2.05, 4.69) is 11.4 Å². The zero-order valence-electron chi connectivity index (χ0n) is 9.26. The van der Waals surface area contributed by atoms with Crippen molar-refractivity contribution in [2.45, 2.75) is 31.6 Å². The van der Waals surface area contributed by atoms with Crippen LogP contribution in [-0.4, -0.2) is 19.5 Å². The Labute approximate surface area is 94.9 Å². The van der Waals surface area contributed by atoms with Gasteiger partial charge in [-0.3, -0.25) is 0 Å². The van der Waals surface area contributed by atoms with Gasteiger partial charge in [0.05, 0.1) is 0 Å². The molecule has 1 fully saturated rings. The van der Waals surface area contributed by atoms with Crippen molar-refractivity contribution < 1.29 is 8.78 Å². The second kappa shape index (κ2) is 5.39. The summed E-state index contributed by atoms with van der Waals surface area (Å²) in [5, 5.41) is 3.31. The average molecular weight is 225 g/mol. The Bertz CT molecular complexity index is 332. The third-order valence-corrected chi connectivity index (χ3v) is 3.15. The third kappa shape index (κ3) is 3.01. The summed E-state index contributed by atoms with van der Waals surface area (Å²) in [6.45, 7) is 2.06. The Balaban J connectivity index is 2.08. The lowest BCUT2D eigenvalue weighted by Crippen LogP contribution is -2.26. The first kappa shape index (κ1) is 11.5. The molecule has 0 unspecified atom stereocenters. The van der Waals surface area contributed by atoms with E-state index in [-0.39, 0.29) is 6.42 Å². The molecule has 1 aromatic carbocycles. The SMILES string of the molecule is FC(F)Cc1cccc(C2CCNCC2)c1. The monoisotopic (exact) mass is 225 g/mol. The number of hydrogen-bond acceptors (Lipinski definition) is 1. The van der Waals surface area contributed by atoms with Gasteiger partial charge in [-0.15, -0.1) is 0 Å². The van der Waals surface area contributed by atoms with Crippen LogP contribution in [0.15, 0.2) is 24.3 Å². The molecule has 3 heteroatoms. The fourth-order valence-electron chi connectivity index (χ4n) is 2.31. The highest BCUT2D eigenvalue weighted by atomic mass is 19.3. The molecule has 1 saturated heterocycles. The van der Waals surface area contributed by atoms with E-state index >= 15 is 0 Å². The van der Waals surface area contributed by atoms with Crippen molar-refractivity contribution in [2.75, 3.05) is 13.1 Å². The van der Waals surface area contributed by atoms with E-state index in [1.165, 1.54) is 5.56 Å². The molecular weight excluding hydrogens is 208 g/mol. The number of benzene rings is 1. The molecule has 0 radical (unpaired) electrons. The number of rotatable bonds is 3. The van der Waals surface area contributed by atoms with Crippen LogP contribution < -0.4 is 5.32 Å². The molecule has 1 aromatic rings. The first-order chi connectivity index (χ1) is 7.75. The highest BCUT2D eigenvalue weighted by Gasteiger charge is 2.15. The topological polar surface area (TPSA) is 12.0 Å². The van der Waals surface area contributed by atoms with Gasteiger partial charge in [0, 0.05) is 6.42 Å². The molecule has 0 bridgehead atoms. The van der Waals surface area contributed by atoms with Crippen LogP contribution in [-0.2, 0) is 6.42 Å². The van der Waals surface area contributed by atoms with E-state index < -0.39 is 6.43 Å². The summed E-state index contributed by atoms with van der Waals surface area (Å²) in [5.74, 6) is 0.541. The second-order valence-electron chi connectivity index (χ2n) is 4.36. The number of nitrogens with one attached hydrogen (secondary N) is 1. The molecule has 0 spiro atoms. The molecule has 0 aliphatic carbocycles. The van der Waals surface area contributed by atoms with Gasteiger partial charge in [0.2, 0.25) is 6.43 Å². The lowest BCUT2D eigenvalue weighted by atomic mass is 9.89. The molecule has 1 N–H and O–H groups in total. The van der Waals surface area contributed by atoms with Crippen LogP contribution in [0.3, 0.4) is 0 Å². The average Bonchev–Trinajstić information content (AvgIpc) is 2.30. The maximum absolute atomic E-state index is 12.3. The maximum Gasteiger partial charge on any atom is 0.242 e. The molecular formula is C13H17F2N. The Morgan fingerprint density at radius 2 is 2.00 bits per heavy atom. The zero-order chi connectivity index (χ0) is 11.4. The molecule has 1 aliphatic rings. The summed E-state index contributed by atoms with van der Waals surface area (Å²) >= 11 is 0. The van der Waals surface area contributed by atoms with E-state index in [4.69, 9.17) is 0 Å². The van der Waals surface area contributed by atoms with Gasteiger partial charge in [0.25, 0.3) is 0 Å². The lowest BCUT2D eigenvalue weighted by molar-refractivity contribution is 0.149. The van der Waals surface area contributed by atoms with Gasteiger partial charge in [0.15, 0.2) is 0 Å². The van der Waals surface area contributed by atoms with E-state index in [9.17, 15) is 8.78 Å². The Hall–Kier alpha value is -0.960. The van der Waals surface area contributed by atoms with Gasteiger partial charge < -0.3 is 5.32 Å². The van der Waals surface area contributed by atoms with E-state index in [1.54, 1.807) is 6.07 Å². The minimum atomic E-state index is -2.25. The highest BCUT2D eigenvalue weighted by molar-refractivity contribution is 5.27. The minimum Gasteiger partial charge on any atom is -0.317 e. The summed E-state index contributed by atoms with van der Waals surface area (Å²) < 4.78 is 24.6. The summed E-state index contributed by atoms with van der Waals surface area (Å²) in [6, 6.07) is 7.69. The van der Waals surface area contributed by atoms with Gasteiger partial charge in [0.1, 0.15) is 0 Å². The molecule has 0 aromatic heterocycles. The Morgan fingerprint density at radius 1 is 1.25 bits per heavy atom. The highest BCUT2D eigenvalue weighted by Crippen LogP contribution is 2.26. The lowest BCUT2D eigenvalue weighted by Gasteiger charge is -2.23. The van der Waals surface area contributed by atoms with Crippen LogP contribution in [0.4, 0.5) is 8.78 Å². The minimum absolute atomic E-state index is 0.126. The molecule has 88 valence electrons. The van der Waals surface area contributed by atoms with Gasteiger partial charge in [-0.05, 0) is 43.0 Å². The van der Waals surface area contributed by atoms with Gasteiger partial charge >= 0.3 is 0 Å². The fraction of sp³-hybridized carbons (Fsp3) is 0.538. The van der Waals surface area contributed by atoms with Crippen LogP contribution in [0.2, 0.25) is 0 Å². The van der Waals surface area contributed by atoms with Crippen LogP contribution in [0, 0.1) is 0 Å². The van der Waals surface area contributed by atoms with Crippen LogP contribution in [0.1, 0.15) is 29.9 Å². The van der Waals surface area contributed by atoms with E-state index in [0.717, 1.165) is 31.5 Å². The summed E-state index contributed by atoms with van der Waals surface area (Å²) in [7, 11) is 0. The maximum atomic E-state index is 12.3. The van der Waals surface area contributed by atoms with Gasteiger partial charge in [-0.2, -0.15) is 0 Å². The van der Waals surface area contributed by atoms with Crippen molar-refractivity contribution in [1.82, 2.24) is 5.32 Å². The second-order valence-corrected chi connectivity index (χ2v) is 4.36. The van der Waals surface area contributed by atoms with Crippen molar-refractivity contribution in [1.29, 1.82) is 0 Å². The van der Waals surface area contributed by atoms with E-state index in [0.29, 0.717) is 5.92 Å². The molecule has 0 atom stereocenters.